The van der Waals surface area contributed by atoms with Crippen LogP contribution in [0.3, 0.4) is 0 Å². The third-order valence-electron chi connectivity index (χ3n) is 7.48. The molecule has 0 saturated heterocycles. The molecule has 1 saturated carbocycles. The van der Waals surface area contributed by atoms with Crippen molar-refractivity contribution in [3.8, 4) is 0 Å². The molecule has 0 bridgehead atoms. The number of carbonyl (C=O) groups excluding carboxylic acids is 2. The van der Waals surface area contributed by atoms with Crippen LogP contribution >= 0.6 is 34.8 Å². The lowest BCUT2D eigenvalue weighted by Gasteiger charge is -2.33. The van der Waals surface area contributed by atoms with Crippen molar-refractivity contribution in [3.63, 3.8) is 0 Å². The maximum atomic E-state index is 14.1. The normalized spacial score (nSPS) is 14.7. The second-order valence-corrected chi connectivity index (χ2v) is 13.7. The van der Waals surface area contributed by atoms with Crippen molar-refractivity contribution < 1.29 is 18.0 Å². The van der Waals surface area contributed by atoms with Crippen LogP contribution in [0.4, 0.5) is 5.69 Å². The van der Waals surface area contributed by atoms with E-state index in [1.165, 1.54) is 17.0 Å². The minimum Gasteiger partial charge on any atom is -0.352 e. The van der Waals surface area contributed by atoms with E-state index in [2.05, 4.69) is 5.32 Å². The van der Waals surface area contributed by atoms with Gasteiger partial charge in [0.1, 0.15) is 12.6 Å². The summed E-state index contributed by atoms with van der Waals surface area (Å²) in [7, 11) is -4.17. The quantitative estimate of drug-likeness (QED) is 0.256. The van der Waals surface area contributed by atoms with Crippen molar-refractivity contribution in [2.45, 2.75) is 69.5 Å². The number of rotatable bonds is 10. The third kappa shape index (κ3) is 7.98. The predicted molar refractivity (Wildman–Crippen MR) is 169 cm³/mol. The lowest BCUT2D eigenvalue weighted by Crippen LogP contribution is -2.53. The fraction of sp³-hybridized carbons (Fsp3) is 0.355. The molecule has 1 N–H and O–H groups in total. The molecule has 224 valence electrons. The van der Waals surface area contributed by atoms with Crippen molar-refractivity contribution in [1.29, 1.82) is 0 Å². The number of anilines is 1. The molecule has 1 atom stereocenters. The van der Waals surface area contributed by atoms with Gasteiger partial charge in [0.2, 0.25) is 11.8 Å². The van der Waals surface area contributed by atoms with Gasteiger partial charge in [-0.15, -0.1) is 0 Å². The molecule has 0 aliphatic heterocycles. The molecule has 3 aromatic rings. The van der Waals surface area contributed by atoms with Crippen LogP contribution in [-0.4, -0.2) is 43.8 Å². The summed E-state index contributed by atoms with van der Waals surface area (Å²) in [6.45, 7) is 2.93. The Kier molecular flexibility index (Phi) is 10.8. The first-order chi connectivity index (χ1) is 20.0. The SMILES string of the molecule is Cc1ccc(S(=O)(=O)N(CC(=O)N(Cc2ccc(Cl)cc2Cl)[C@H](C)C(=O)NC2CCCCC2)c2ccc(Cl)cc2)cc1. The zero-order valence-electron chi connectivity index (χ0n) is 23.5. The van der Waals surface area contributed by atoms with Gasteiger partial charge in [-0.05, 0) is 80.8 Å². The second kappa shape index (κ2) is 14.1. The van der Waals surface area contributed by atoms with Crippen LogP contribution < -0.4 is 9.62 Å². The minimum absolute atomic E-state index is 0.0207. The summed E-state index contributed by atoms with van der Waals surface area (Å²) in [6, 6.07) is 16.6. The smallest absolute Gasteiger partial charge is 0.264 e. The van der Waals surface area contributed by atoms with Crippen LogP contribution in [0.2, 0.25) is 15.1 Å². The number of carbonyl (C=O) groups is 2. The Balaban J connectivity index is 1.69. The van der Waals surface area contributed by atoms with Gasteiger partial charge in [0.05, 0.1) is 10.6 Å². The monoisotopic (exact) mass is 649 g/mol. The van der Waals surface area contributed by atoms with Crippen LogP contribution in [0.5, 0.6) is 0 Å². The zero-order chi connectivity index (χ0) is 30.4. The minimum atomic E-state index is -4.17. The average Bonchev–Trinajstić information content (AvgIpc) is 2.96. The molecule has 0 spiro atoms. The van der Waals surface area contributed by atoms with Crippen LogP contribution in [0.25, 0.3) is 0 Å². The number of hydrogen-bond donors (Lipinski definition) is 1. The second-order valence-electron chi connectivity index (χ2n) is 10.6. The first-order valence-electron chi connectivity index (χ1n) is 13.8. The highest BCUT2D eigenvalue weighted by Gasteiger charge is 2.33. The van der Waals surface area contributed by atoms with Crippen molar-refractivity contribution in [2.24, 2.45) is 0 Å². The number of amides is 2. The molecule has 2 amide bonds. The van der Waals surface area contributed by atoms with Gasteiger partial charge in [-0.2, -0.15) is 0 Å². The van der Waals surface area contributed by atoms with Gasteiger partial charge < -0.3 is 10.2 Å². The van der Waals surface area contributed by atoms with E-state index in [1.54, 1.807) is 61.5 Å². The molecule has 4 rings (SSSR count). The maximum absolute atomic E-state index is 14.1. The van der Waals surface area contributed by atoms with Gasteiger partial charge in [0.25, 0.3) is 10.0 Å². The maximum Gasteiger partial charge on any atom is 0.264 e. The van der Waals surface area contributed by atoms with Gasteiger partial charge in [-0.1, -0.05) is 77.8 Å². The molecule has 0 heterocycles. The van der Waals surface area contributed by atoms with E-state index in [1.807, 2.05) is 6.92 Å². The number of nitrogens with zero attached hydrogens (tertiary/aromatic N) is 2. The summed E-state index contributed by atoms with van der Waals surface area (Å²) < 4.78 is 28.9. The first-order valence-corrected chi connectivity index (χ1v) is 16.4. The van der Waals surface area contributed by atoms with Gasteiger partial charge in [0, 0.05) is 27.7 Å². The van der Waals surface area contributed by atoms with Crippen molar-refractivity contribution in [3.05, 3.63) is 92.9 Å². The molecule has 3 aromatic carbocycles. The van der Waals surface area contributed by atoms with Crippen molar-refractivity contribution in [2.75, 3.05) is 10.8 Å². The lowest BCUT2D eigenvalue weighted by molar-refractivity contribution is -0.139. The summed E-state index contributed by atoms with van der Waals surface area (Å²) >= 11 is 18.6. The molecular formula is C31H34Cl3N3O4S. The number of sulfonamides is 1. The highest BCUT2D eigenvalue weighted by molar-refractivity contribution is 7.92. The van der Waals surface area contributed by atoms with E-state index >= 15 is 0 Å². The third-order valence-corrected chi connectivity index (χ3v) is 10.1. The van der Waals surface area contributed by atoms with Crippen LogP contribution in [-0.2, 0) is 26.2 Å². The summed E-state index contributed by atoms with van der Waals surface area (Å²) in [6.07, 6.45) is 4.98. The molecule has 42 heavy (non-hydrogen) atoms. The number of benzene rings is 3. The van der Waals surface area contributed by atoms with Crippen LogP contribution in [0, 0.1) is 6.92 Å². The van der Waals surface area contributed by atoms with Crippen LogP contribution in [0.1, 0.15) is 50.2 Å². The van der Waals surface area contributed by atoms with E-state index in [-0.39, 0.29) is 29.1 Å². The Morgan fingerprint density at radius 3 is 2.14 bits per heavy atom. The Morgan fingerprint density at radius 1 is 0.905 bits per heavy atom. The number of aryl methyl sites for hydroxylation is 1. The fourth-order valence-corrected chi connectivity index (χ4v) is 6.97. The molecule has 0 unspecified atom stereocenters. The lowest BCUT2D eigenvalue weighted by atomic mass is 9.95. The average molecular weight is 651 g/mol. The molecule has 1 aliphatic rings. The number of halogens is 3. The highest BCUT2D eigenvalue weighted by atomic mass is 35.5. The first kappa shape index (κ1) is 32.1. The zero-order valence-corrected chi connectivity index (χ0v) is 26.6. The van der Waals surface area contributed by atoms with Crippen molar-refractivity contribution in [1.82, 2.24) is 10.2 Å². The van der Waals surface area contributed by atoms with E-state index in [0.29, 0.717) is 20.6 Å². The van der Waals surface area contributed by atoms with E-state index in [0.717, 1.165) is 42.0 Å². The fourth-order valence-electron chi connectivity index (χ4n) is 4.96. The molecule has 1 fully saturated rings. The Morgan fingerprint density at radius 2 is 1.52 bits per heavy atom. The molecule has 1 aliphatic carbocycles. The Bertz CT molecular complexity index is 1510. The standard InChI is InChI=1S/C31H34Cl3N3O4S/c1-21-8-16-28(17-9-21)42(40,41)37(27-14-12-24(32)13-15-27)20-30(38)36(19-23-10-11-25(33)18-29(23)34)22(2)31(39)35-26-6-4-3-5-7-26/h8-18,22,26H,3-7,19-20H2,1-2H3,(H,35,39)/t22-/m1/s1. The summed E-state index contributed by atoms with van der Waals surface area (Å²) in [5, 5.41) is 4.27. The van der Waals surface area contributed by atoms with Crippen molar-refractivity contribution >= 4 is 62.3 Å². The van der Waals surface area contributed by atoms with E-state index in [4.69, 9.17) is 34.8 Å². The Labute approximate surface area is 262 Å². The molecule has 0 radical (unpaired) electrons. The van der Waals surface area contributed by atoms with Gasteiger partial charge in [-0.3, -0.25) is 13.9 Å². The van der Waals surface area contributed by atoms with E-state index in [9.17, 15) is 18.0 Å². The number of nitrogens with one attached hydrogen (secondary N) is 1. The van der Waals surface area contributed by atoms with E-state index < -0.39 is 28.5 Å². The van der Waals surface area contributed by atoms with Crippen LogP contribution in [0.15, 0.2) is 71.6 Å². The molecular weight excluding hydrogens is 617 g/mol. The summed E-state index contributed by atoms with van der Waals surface area (Å²) in [5.41, 5.74) is 1.73. The molecule has 7 nitrogen and oxygen atoms in total. The number of hydrogen-bond acceptors (Lipinski definition) is 4. The predicted octanol–water partition coefficient (Wildman–Crippen LogP) is 7.02. The largest absolute Gasteiger partial charge is 0.352 e. The topological polar surface area (TPSA) is 86.8 Å². The van der Waals surface area contributed by atoms with Gasteiger partial charge in [-0.25, -0.2) is 8.42 Å². The Hall–Kier alpha value is -2.78. The summed E-state index contributed by atoms with van der Waals surface area (Å²) in [5.74, 6) is -0.877. The van der Waals surface area contributed by atoms with Gasteiger partial charge >= 0.3 is 0 Å². The summed E-state index contributed by atoms with van der Waals surface area (Å²) in [4.78, 5) is 28.9. The highest BCUT2D eigenvalue weighted by Crippen LogP contribution is 2.28. The van der Waals surface area contributed by atoms with Gasteiger partial charge in [0.15, 0.2) is 0 Å². The molecule has 0 aromatic heterocycles. The molecule has 11 heteroatoms.